The Hall–Kier alpha value is -1.59. The fourth-order valence-corrected chi connectivity index (χ4v) is 3.40. The number of halogens is 1. The van der Waals surface area contributed by atoms with Crippen molar-refractivity contribution in [3.05, 3.63) is 45.9 Å². The van der Waals surface area contributed by atoms with Crippen LogP contribution in [0.15, 0.2) is 29.8 Å². The van der Waals surface area contributed by atoms with E-state index in [0.717, 1.165) is 35.5 Å². The van der Waals surface area contributed by atoms with Crippen molar-refractivity contribution in [3.8, 4) is 5.19 Å². The Labute approximate surface area is 145 Å². The molecule has 1 fully saturated rings. The number of carbonyl (C=O) groups is 1. The van der Waals surface area contributed by atoms with E-state index in [1.807, 2.05) is 35.4 Å². The number of rotatable bonds is 5. The van der Waals surface area contributed by atoms with Gasteiger partial charge in [-0.15, -0.1) is 0 Å². The number of ether oxygens (including phenoxy) is 1. The number of amides is 1. The molecule has 1 aromatic carbocycles. The summed E-state index contributed by atoms with van der Waals surface area (Å²) in [5.41, 5.74) is 2.20. The van der Waals surface area contributed by atoms with Crippen LogP contribution in [0.25, 0.3) is 0 Å². The largest absolute Gasteiger partial charge is 0.465 e. The number of thiazole rings is 1. The number of nitrogens with zero attached hydrogens (tertiary/aromatic N) is 2. The summed E-state index contributed by atoms with van der Waals surface area (Å²) in [4.78, 5) is 18.4. The van der Waals surface area contributed by atoms with Gasteiger partial charge in [0.15, 0.2) is 0 Å². The highest BCUT2D eigenvalue weighted by atomic mass is 35.5. The molecular weight excluding hydrogens is 332 g/mol. The molecule has 0 spiro atoms. The Balaban J connectivity index is 1.48. The minimum Gasteiger partial charge on any atom is -0.465 e. The number of aryl methyl sites for hydroxylation is 2. The molecule has 122 valence electrons. The molecule has 1 amide bonds. The van der Waals surface area contributed by atoms with E-state index < -0.39 is 0 Å². The number of likely N-dealkylation sites (tertiary alicyclic amines) is 1. The summed E-state index contributed by atoms with van der Waals surface area (Å²) in [5.74, 6) is 0.183. The van der Waals surface area contributed by atoms with Gasteiger partial charge in [0.25, 0.3) is 5.19 Å². The second-order valence-electron chi connectivity index (χ2n) is 5.75. The van der Waals surface area contributed by atoms with Crippen LogP contribution in [0.2, 0.25) is 5.02 Å². The third-order valence-corrected chi connectivity index (χ3v) is 5.11. The van der Waals surface area contributed by atoms with Crippen molar-refractivity contribution < 1.29 is 9.53 Å². The number of benzene rings is 1. The van der Waals surface area contributed by atoms with Crippen LogP contribution in [0.5, 0.6) is 5.19 Å². The molecule has 2 aromatic rings. The molecule has 6 heteroatoms. The lowest BCUT2D eigenvalue weighted by Gasteiger charge is -2.16. The first kappa shape index (κ1) is 16.3. The first-order valence-electron chi connectivity index (χ1n) is 7.71. The van der Waals surface area contributed by atoms with Crippen molar-refractivity contribution in [3.63, 3.8) is 0 Å². The zero-order valence-electron chi connectivity index (χ0n) is 13.0. The Morgan fingerprint density at radius 1 is 1.52 bits per heavy atom. The van der Waals surface area contributed by atoms with E-state index in [1.165, 1.54) is 11.3 Å². The highest BCUT2D eigenvalue weighted by Gasteiger charge is 2.27. The summed E-state index contributed by atoms with van der Waals surface area (Å²) in [6.07, 6.45) is 3.91. The summed E-state index contributed by atoms with van der Waals surface area (Å²) in [7, 11) is 0. The fraction of sp³-hybridized carbons (Fsp3) is 0.412. The Morgan fingerprint density at radius 3 is 3.13 bits per heavy atom. The average Bonchev–Trinajstić information content (AvgIpc) is 3.20. The summed E-state index contributed by atoms with van der Waals surface area (Å²) in [5, 5.41) is 3.34. The summed E-state index contributed by atoms with van der Waals surface area (Å²) < 4.78 is 5.79. The highest BCUT2D eigenvalue weighted by molar-refractivity contribution is 7.11. The van der Waals surface area contributed by atoms with Crippen LogP contribution in [0.3, 0.4) is 0 Å². The second-order valence-corrected chi connectivity index (χ2v) is 7.01. The van der Waals surface area contributed by atoms with Crippen LogP contribution in [0, 0.1) is 6.92 Å². The lowest BCUT2D eigenvalue weighted by molar-refractivity contribution is -0.130. The zero-order valence-corrected chi connectivity index (χ0v) is 14.6. The van der Waals surface area contributed by atoms with Crippen molar-refractivity contribution in [2.75, 3.05) is 13.1 Å². The molecule has 1 aromatic heterocycles. The van der Waals surface area contributed by atoms with Crippen LogP contribution >= 0.6 is 22.9 Å². The molecule has 0 N–H and O–H groups in total. The lowest BCUT2D eigenvalue weighted by atomic mass is 10.1. The molecule has 1 aliphatic rings. The van der Waals surface area contributed by atoms with E-state index in [9.17, 15) is 4.79 Å². The fourth-order valence-electron chi connectivity index (χ4n) is 2.73. The van der Waals surface area contributed by atoms with Crippen LogP contribution in [0.4, 0.5) is 0 Å². The lowest BCUT2D eigenvalue weighted by Crippen LogP contribution is -2.31. The topological polar surface area (TPSA) is 42.4 Å². The van der Waals surface area contributed by atoms with Gasteiger partial charge in [0, 0.05) is 36.0 Å². The van der Waals surface area contributed by atoms with Gasteiger partial charge in [0.2, 0.25) is 5.91 Å². The Bertz CT molecular complexity index is 675. The van der Waals surface area contributed by atoms with Gasteiger partial charge >= 0.3 is 0 Å². The molecule has 0 saturated carbocycles. The van der Waals surface area contributed by atoms with Crippen molar-refractivity contribution in [2.45, 2.75) is 32.3 Å². The van der Waals surface area contributed by atoms with Gasteiger partial charge in [-0.3, -0.25) is 4.79 Å². The SMILES string of the molecule is Cc1cc(CCC(=O)N2CCC(Oc3nccs3)C2)ccc1Cl. The van der Waals surface area contributed by atoms with Crippen molar-refractivity contribution in [1.82, 2.24) is 9.88 Å². The smallest absolute Gasteiger partial charge is 0.273 e. The van der Waals surface area contributed by atoms with E-state index in [4.69, 9.17) is 16.3 Å². The second kappa shape index (κ2) is 7.32. The molecule has 23 heavy (non-hydrogen) atoms. The average molecular weight is 351 g/mol. The van der Waals surface area contributed by atoms with Crippen LogP contribution in [0.1, 0.15) is 24.0 Å². The maximum atomic E-state index is 12.3. The third-order valence-electron chi connectivity index (χ3n) is 4.02. The van der Waals surface area contributed by atoms with E-state index in [0.29, 0.717) is 18.2 Å². The highest BCUT2D eigenvalue weighted by Crippen LogP contribution is 2.21. The molecule has 1 atom stereocenters. The van der Waals surface area contributed by atoms with E-state index >= 15 is 0 Å². The van der Waals surface area contributed by atoms with Crippen molar-refractivity contribution in [2.24, 2.45) is 0 Å². The predicted molar refractivity (Wildman–Crippen MR) is 92.2 cm³/mol. The molecule has 0 bridgehead atoms. The van der Waals surface area contributed by atoms with E-state index in [-0.39, 0.29) is 12.0 Å². The summed E-state index contributed by atoms with van der Waals surface area (Å²) >= 11 is 7.51. The minimum absolute atomic E-state index is 0.0582. The summed E-state index contributed by atoms with van der Waals surface area (Å²) in [6, 6.07) is 5.93. The van der Waals surface area contributed by atoms with E-state index in [1.54, 1.807) is 6.20 Å². The molecule has 1 saturated heterocycles. The van der Waals surface area contributed by atoms with Crippen molar-refractivity contribution in [1.29, 1.82) is 0 Å². The van der Waals surface area contributed by atoms with Crippen LogP contribution in [-0.2, 0) is 11.2 Å². The van der Waals surface area contributed by atoms with E-state index in [2.05, 4.69) is 4.98 Å². The Morgan fingerprint density at radius 2 is 2.39 bits per heavy atom. The monoisotopic (exact) mass is 350 g/mol. The number of hydrogen-bond acceptors (Lipinski definition) is 4. The maximum Gasteiger partial charge on any atom is 0.273 e. The zero-order chi connectivity index (χ0) is 16.2. The number of hydrogen-bond donors (Lipinski definition) is 0. The molecule has 2 heterocycles. The van der Waals surface area contributed by atoms with Gasteiger partial charge in [0.05, 0.1) is 6.54 Å². The van der Waals surface area contributed by atoms with Crippen LogP contribution in [-0.4, -0.2) is 35.0 Å². The minimum atomic E-state index is 0.0582. The van der Waals surface area contributed by atoms with Gasteiger partial charge in [-0.05, 0) is 30.5 Å². The Kier molecular flexibility index (Phi) is 5.18. The van der Waals surface area contributed by atoms with Gasteiger partial charge in [0.1, 0.15) is 6.10 Å². The first-order chi connectivity index (χ1) is 11.1. The van der Waals surface area contributed by atoms with Crippen LogP contribution < -0.4 is 4.74 Å². The van der Waals surface area contributed by atoms with Gasteiger partial charge in [-0.1, -0.05) is 35.1 Å². The standard InChI is InChI=1S/C17H19ClN2O2S/c1-12-10-13(2-4-15(12)18)3-5-16(21)20-8-6-14(11-20)22-17-19-7-9-23-17/h2,4,7,9-10,14H,3,5-6,8,11H2,1H3. The summed E-state index contributed by atoms with van der Waals surface area (Å²) in [6.45, 7) is 3.39. The number of aromatic nitrogens is 1. The van der Waals surface area contributed by atoms with Crippen molar-refractivity contribution >= 4 is 28.8 Å². The maximum absolute atomic E-state index is 12.3. The quantitative estimate of drug-likeness (QED) is 0.825. The first-order valence-corrected chi connectivity index (χ1v) is 8.96. The molecule has 3 rings (SSSR count). The third kappa shape index (κ3) is 4.24. The molecule has 1 unspecified atom stereocenters. The molecular formula is C17H19ClN2O2S. The molecule has 0 radical (unpaired) electrons. The van der Waals surface area contributed by atoms with Gasteiger partial charge in [-0.2, -0.15) is 0 Å². The van der Waals surface area contributed by atoms with Gasteiger partial charge < -0.3 is 9.64 Å². The normalized spacial score (nSPS) is 17.5. The predicted octanol–water partition coefficient (Wildman–Crippen LogP) is 3.72. The molecule has 4 nitrogen and oxygen atoms in total. The molecule has 1 aliphatic heterocycles. The molecule has 0 aliphatic carbocycles. The van der Waals surface area contributed by atoms with Gasteiger partial charge in [-0.25, -0.2) is 4.98 Å². The number of carbonyl (C=O) groups excluding carboxylic acids is 1.